The molecule has 1 saturated carbocycles. The number of pyridine rings is 2. The Labute approximate surface area is 211 Å². The molecule has 36 heavy (non-hydrogen) atoms. The number of carbonyl (C=O) groups is 1. The van der Waals surface area contributed by atoms with Crippen molar-refractivity contribution < 1.29 is 9.18 Å². The van der Waals surface area contributed by atoms with Crippen molar-refractivity contribution in [2.24, 2.45) is 11.7 Å². The zero-order valence-electron chi connectivity index (χ0n) is 20.7. The summed E-state index contributed by atoms with van der Waals surface area (Å²) in [6.07, 6.45) is 8.44. The normalized spacial score (nSPS) is 19.8. The van der Waals surface area contributed by atoms with E-state index in [1.165, 1.54) is 6.07 Å². The third-order valence-corrected chi connectivity index (χ3v) is 7.32. The average molecular weight is 483 g/mol. The van der Waals surface area contributed by atoms with Crippen LogP contribution in [0.15, 0.2) is 73.2 Å². The van der Waals surface area contributed by atoms with Gasteiger partial charge in [-0.2, -0.15) is 0 Å². The van der Waals surface area contributed by atoms with Gasteiger partial charge in [-0.15, -0.1) is 0 Å². The molecular weight excluding hydrogens is 451 g/mol. The zero-order valence-corrected chi connectivity index (χ0v) is 20.7. The monoisotopic (exact) mass is 482 g/mol. The molecule has 1 aliphatic rings. The first kappa shape index (κ1) is 24.1. The summed E-state index contributed by atoms with van der Waals surface area (Å²) in [6.45, 7) is 2.23. The van der Waals surface area contributed by atoms with E-state index in [2.05, 4.69) is 16.9 Å². The lowest BCUT2D eigenvalue weighted by Crippen LogP contribution is -2.31. The molecule has 2 aromatic heterocycles. The molecule has 0 saturated heterocycles. The number of fused-ring (bicyclic) bond motifs is 1. The van der Waals surface area contributed by atoms with Crippen LogP contribution in [-0.2, 0) is 6.42 Å². The number of halogens is 1. The summed E-state index contributed by atoms with van der Waals surface area (Å²) < 4.78 is 14.9. The summed E-state index contributed by atoms with van der Waals surface area (Å²) in [7, 11) is 1.91. The maximum absolute atomic E-state index is 14.9. The summed E-state index contributed by atoms with van der Waals surface area (Å²) >= 11 is 0. The summed E-state index contributed by atoms with van der Waals surface area (Å²) in [5.74, 6) is 0.362. The Morgan fingerprint density at radius 3 is 2.64 bits per heavy atom. The van der Waals surface area contributed by atoms with Crippen LogP contribution in [0.5, 0.6) is 0 Å². The number of hydrogen-bond acceptors (Lipinski definition) is 5. The molecule has 1 fully saturated rings. The van der Waals surface area contributed by atoms with Gasteiger partial charge in [-0.1, -0.05) is 25.1 Å². The standard InChI is InChI=1S/C30H31FN4O/c1-19-12-20(14-22(32)13-19)25-10-11-33-17-21(25)15-29(36)26-8-9-28(31)27-16-24(18-34-30(26)27)35(2)23-6-4-3-5-7-23/h3-11,16-20,22H,12-15,32H2,1-2H3/t19-,20+,22-/m0/s1. The third-order valence-electron chi connectivity index (χ3n) is 7.32. The number of para-hydroxylation sites is 1. The van der Waals surface area contributed by atoms with Crippen molar-refractivity contribution in [3.05, 3.63) is 95.7 Å². The Hall–Kier alpha value is -3.64. The first-order chi connectivity index (χ1) is 17.4. The van der Waals surface area contributed by atoms with Gasteiger partial charge in [0, 0.05) is 48.5 Å². The number of Topliss-reactive ketones (excluding diaryl/α,β-unsaturated/α-hetero) is 1. The van der Waals surface area contributed by atoms with E-state index >= 15 is 0 Å². The second-order valence-electron chi connectivity index (χ2n) is 10.0. The summed E-state index contributed by atoms with van der Waals surface area (Å²) in [6, 6.07) is 16.6. The number of carbonyl (C=O) groups excluding carboxylic acids is 1. The van der Waals surface area contributed by atoms with E-state index in [1.807, 2.05) is 48.3 Å². The molecule has 2 N–H and O–H groups in total. The van der Waals surface area contributed by atoms with Crippen LogP contribution in [0.4, 0.5) is 15.8 Å². The lowest BCUT2D eigenvalue weighted by molar-refractivity contribution is 0.0994. The number of rotatable bonds is 6. The van der Waals surface area contributed by atoms with Crippen LogP contribution in [0.25, 0.3) is 10.9 Å². The molecule has 5 rings (SSSR count). The van der Waals surface area contributed by atoms with Crippen molar-refractivity contribution in [3.8, 4) is 0 Å². The lowest BCUT2D eigenvalue weighted by Gasteiger charge is -2.32. The lowest BCUT2D eigenvalue weighted by atomic mass is 9.75. The fourth-order valence-corrected chi connectivity index (χ4v) is 5.55. The van der Waals surface area contributed by atoms with E-state index in [9.17, 15) is 9.18 Å². The molecular formula is C30H31FN4O. The summed E-state index contributed by atoms with van der Waals surface area (Å²) in [5, 5.41) is 0.333. The predicted molar refractivity (Wildman–Crippen MR) is 142 cm³/mol. The molecule has 0 amide bonds. The second kappa shape index (κ2) is 10.2. The van der Waals surface area contributed by atoms with E-state index in [0.717, 1.165) is 41.8 Å². The van der Waals surface area contributed by atoms with E-state index in [0.29, 0.717) is 28.3 Å². The van der Waals surface area contributed by atoms with Crippen LogP contribution < -0.4 is 10.6 Å². The highest BCUT2D eigenvalue weighted by molar-refractivity contribution is 6.08. The Morgan fingerprint density at radius 2 is 1.86 bits per heavy atom. The van der Waals surface area contributed by atoms with E-state index in [1.54, 1.807) is 30.7 Å². The van der Waals surface area contributed by atoms with Crippen molar-refractivity contribution in [3.63, 3.8) is 0 Å². The van der Waals surface area contributed by atoms with E-state index in [4.69, 9.17) is 5.73 Å². The first-order valence-corrected chi connectivity index (χ1v) is 12.5. The molecule has 0 radical (unpaired) electrons. The molecule has 184 valence electrons. The van der Waals surface area contributed by atoms with Crippen LogP contribution in [0.1, 0.15) is 53.6 Å². The molecule has 0 aliphatic heterocycles. The molecule has 0 bridgehead atoms. The highest BCUT2D eigenvalue weighted by Crippen LogP contribution is 2.37. The molecule has 6 heteroatoms. The van der Waals surface area contributed by atoms with Gasteiger partial charge in [-0.3, -0.25) is 14.8 Å². The molecule has 5 nitrogen and oxygen atoms in total. The van der Waals surface area contributed by atoms with Gasteiger partial charge in [0.1, 0.15) is 5.82 Å². The molecule has 4 aromatic rings. The van der Waals surface area contributed by atoms with Gasteiger partial charge in [-0.25, -0.2) is 4.39 Å². The van der Waals surface area contributed by atoms with Crippen molar-refractivity contribution in [2.45, 2.75) is 44.6 Å². The minimum Gasteiger partial charge on any atom is -0.343 e. The van der Waals surface area contributed by atoms with Crippen LogP contribution in [0, 0.1) is 11.7 Å². The smallest absolute Gasteiger partial charge is 0.169 e. The molecule has 1 aliphatic carbocycles. The highest BCUT2D eigenvalue weighted by atomic mass is 19.1. The Bertz CT molecular complexity index is 1380. The maximum Gasteiger partial charge on any atom is 0.169 e. The molecule has 2 aromatic carbocycles. The minimum absolute atomic E-state index is 0.0981. The van der Waals surface area contributed by atoms with Crippen LogP contribution in [-0.4, -0.2) is 28.8 Å². The van der Waals surface area contributed by atoms with Gasteiger partial charge < -0.3 is 10.6 Å². The number of nitrogens with zero attached hydrogens (tertiary/aromatic N) is 3. The number of anilines is 2. The Morgan fingerprint density at radius 1 is 1.06 bits per heavy atom. The van der Waals surface area contributed by atoms with Gasteiger partial charge in [-0.05, 0) is 78.6 Å². The molecule has 3 atom stereocenters. The molecule has 2 heterocycles. The van der Waals surface area contributed by atoms with Crippen LogP contribution in [0.2, 0.25) is 0 Å². The SMILES string of the molecule is C[C@@H]1C[C@H](N)C[C@H](c2ccncc2CC(=O)c2ccc(F)c3cc(N(C)c4ccccc4)cnc23)C1. The maximum atomic E-state index is 14.9. The zero-order chi connectivity index (χ0) is 25.2. The topological polar surface area (TPSA) is 72.1 Å². The minimum atomic E-state index is -0.399. The van der Waals surface area contributed by atoms with Crippen LogP contribution >= 0.6 is 0 Å². The van der Waals surface area contributed by atoms with Gasteiger partial charge in [0.05, 0.1) is 17.4 Å². The number of aromatic nitrogens is 2. The Balaban J connectivity index is 1.46. The number of benzene rings is 2. The van der Waals surface area contributed by atoms with E-state index in [-0.39, 0.29) is 18.2 Å². The van der Waals surface area contributed by atoms with Gasteiger partial charge in [0.2, 0.25) is 0 Å². The molecule has 0 unspecified atom stereocenters. The number of nitrogens with two attached hydrogens (primary N) is 1. The van der Waals surface area contributed by atoms with Crippen molar-refractivity contribution in [1.29, 1.82) is 0 Å². The Kier molecular flexibility index (Phi) is 6.79. The number of hydrogen-bond donors (Lipinski definition) is 1. The third kappa shape index (κ3) is 4.86. The predicted octanol–water partition coefficient (Wildman–Crippen LogP) is 6.19. The molecule has 0 spiro atoms. The quantitative estimate of drug-likeness (QED) is 0.332. The fourth-order valence-electron chi connectivity index (χ4n) is 5.55. The van der Waals surface area contributed by atoms with Crippen molar-refractivity contribution >= 4 is 28.1 Å². The largest absolute Gasteiger partial charge is 0.343 e. The average Bonchev–Trinajstić information content (AvgIpc) is 2.88. The van der Waals surface area contributed by atoms with Crippen molar-refractivity contribution in [2.75, 3.05) is 11.9 Å². The first-order valence-electron chi connectivity index (χ1n) is 12.5. The highest BCUT2D eigenvalue weighted by Gasteiger charge is 2.27. The van der Waals surface area contributed by atoms with Gasteiger partial charge >= 0.3 is 0 Å². The fraction of sp³-hybridized carbons (Fsp3) is 0.300. The van der Waals surface area contributed by atoms with Crippen LogP contribution in [0.3, 0.4) is 0 Å². The van der Waals surface area contributed by atoms with Gasteiger partial charge in [0.25, 0.3) is 0 Å². The van der Waals surface area contributed by atoms with Gasteiger partial charge in [0.15, 0.2) is 5.78 Å². The van der Waals surface area contributed by atoms with Crippen molar-refractivity contribution in [1.82, 2.24) is 9.97 Å². The summed E-state index contributed by atoms with van der Waals surface area (Å²) in [4.78, 5) is 24.3. The van der Waals surface area contributed by atoms with E-state index < -0.39 is 5.82 Å². The summed E-state index contributed by atoms with van der Waals surface area (Å²) in [5.41, 5.74) is 10.9. The number of ketones is 1. The second-order valence-corrected chi connectivity index (χ2v) is 10.0.